The lowest BCUT2D eigenvalue weighted by Crippen LogP contribution is -2.05. The average Bonchev–Trinajstić information content (AvgIpc) is 2.38. The van der Waals surface area contributed by atoms with Gasteiger partial charge in [-0.15, -0.1) is 0 Å². The number of ether oxygens (including phenoxy) is 1. The molecular formula is C12H7BrClF2NO3S. The van der Waals surface area contributed by atoms with Crippen LogP contribution in [0, 0.1) is 11.6 Å². The van der Waals surface area contributed by atoms with Crippen LogP contribution in [0.2, 0.25) is 0 Å². The molecule has 0 spiro atoms. The molecule has 0 N–H and O–H groups in total. The summed E-state index contributed by atoms with van der Waals surface area (Å²) in [5, 5.41) is 0. The van der Waals surface area contributed by atoms with Gasteiger partial charge in [0.15, 0.2) is 11.6 Å². The summed E-state index contributed by atoms with van der Waals surface area (Å²) in [6.07, 6.45) is 1.50. The number of rotatable bonds is 4. The Hall–Kier alpha value is -1.25. The van der Waals surface area contributed by atoms with E-state index in [9.17, 15) is 17.2 Å². The van der Waals surface area contributed by atoms with Crippen molar-refractivity contribution in [2.75, 3.05) is 0 Å². The van der Waals surface area contributed by atoms with Gasteiger partial charge in [-0.25, -0.2) is 17.2 Å². The molecule has 0 radical (unpaired) electrons. The minimum Gasteiger partial charge on any atom is -0.483 e. The molecule has 1 aromatic carbocycles. The van der Waals surface area contributed by atoms with Crippen LogP contribution in [0.5, 0.6) is 5.75 Å². The van der Waals surface area contributed by atoms with E-state index in [-0.39, 0.29) is 6.61 Å². The Balaban J connectivity index is 2.33. The molecule has 0 aliphatic carbocycles. The van der Waals surface area contributed by atoms with Crippen molar-refractivity contribution >= 4 is 35.7 Å². The molecular weight excluding hydrogens is 392 g/mol. The van der Waals surface area contributed by atoms with E-state index in [0.29, 0.717) is 17.8 Å². The summed E-state index contributed by atoms with van der Waals surface area (Å²) in [7, 11) is 0.797. The molecule has 9 heteroatoms. The summed E-state index contributed by atoms with van der Waals surface area (Å²) in [6, 6.07) is 4.39. The highest BCUT2D eigenvalue weighted by Crippen LogP contribution is 2.31. The maximum atomic E-state index is 13.7. The van der Waals surface area contributed by atoms with Gasteiger partial charge in [0, 0.05) is 27.4 Å². The summed E-state index contributed by atoms with van der Waals surface area (Å²) in [5.74, 6) is -2.87. The fraction of sp³-hybridized carbons (Fsp3) is 0.0833. The molecule has 0 amide bonds. The molecule has 0 fully saturated rings. The van der Waals surface area contributed by atoms with Crippen LogP contribution >= 0.6 is 26.6 Å². The Kier molecular flexibility index (Phi) is 4.80. The van der Waals surface area contributed by atoms with Gasteiger partial charge in [-0.1, -0.05) is 0 Å². The number of hydrogen-bond donors (Lipinski definition) is 0. The fourth-order valence-corrected chi connectivity index (χ4v) is 2.71. The lowest BCUT2D eigenvalue weighted by Gasteiger charge is -2.10. The normalized spacial score (nSPS) is 11.4. The van der Waals surface area contributed by atoms with Crippen LogP contribution in [-0.4, -0.2) is 13.4 Å². The molecule has 2 aromatic rings. The average molecular weight is 399 g/mol. The Bertz CT molecular complexity index is 769. The summed E-state index contributed by atoms with van der Waals surface area (Å²) in [4.78, 5) is 3.22. The van der Waals surface area contributed by atoms with Crippen molar-refractivity contribution in [3.05, 3.63) is 52.3 Å². The molecule has 0 bridgehead atoms. The third-order valence-corrected chi connectivity index (χ3v) is 4.19. The summed E-state index contributed by atoms with van der Waals surface area (Å²) in [5.41, 5.74) is 0.430. The second-order valence-electron chi connectivity index (χ2n) is 3.91. The van der Waals surface area contributed by atoms with E-state index in [1.54, 1.807) is 12.1 Å². The first kappa shape index (κ1) is 16.1. The minimum absolute atomic E-state index is 0.199. The first-order chi connectivity index (χ1) is 9.77. The van der Waals surface area contributed by atoms with Crippen LogP contribution in [-0.2, 0) is 15.7 Å². The minimum atomic E-state index is -4.35. The Morgan fingerprint density at radius 2 is 2.00 bits per heavy atom. The molecule has 0 atom stereocenters. The second kappa shape index (κ2) is 6.25. The molecule has 1 aromatic heterocycles. The van der Waals surface area contributed by atoms with E-state index in [2.05, 4.69) is 20.9 Å². The quantitative estimate of drug-likeness (QED) is 0.738. The Labute approximate surface area is 132 Å². The summed E-state index contributed by atoms with van der Waals surface area (Å²) < 4.78 is 55.3. The monoisotopic (exact) mass is 397 g/mol. The largest absolute Gasteiger partial charge is 0.483 e. The van der Waals surface area contributed by atoms with Crippen LogP contribution in [0.1, 0.15) is 5.69 Å². The molecule has 21 heavy (non-hydrogen) atoms. The molecule has 0 saturated carbocycles. The first-order valence-corrected chi connectivity index (χ1v) is 8.54. The van der Waals surface area contributed by atoms with Crippen molar-refractivity contribution in [2.24, 2.45) is 0 Å². The molecule has 1 heterocycles. The maximum absolute atomic E-state index is 13.7. The highest BCUT2D eigenvalue weighted by Gasteiger charge is 2.22. The van der Waals surface area contributed by atoms with Crippen molar-refractivity contribution in [2.45, 2.75) is 11.5 Å². The number of hydrogen-bond acceptors (Lipinski definition) is 4. The van der Waals surface area contributed by atoms with Gasteiger partial charge in [0.05, 0.1) is 5.69 Å². The summed E-state index contributed by atoms with van der Waals surface area (Å²) >= 11 is 3.20. The van der Waals surface area contributed by atoms with E-state index in [4.69, 9.17) is 15.4 Å². The number of benzene rings is 1. The van der Waals surface area contributed by atoms with Gasteiger partial charge < -0.3 is 4.74 Å². The van der Waals surface area contributed by atoms with Gasteiger partial charge in [0.1, 0.15) is 17.3 Å². The van der Waals surface area contributed by atoms with Gasteiger partial charge >= 0.3 is 0 Å². The third kappa shape index (κ3) is 4.12. The zero-order valence-corrected chi connectivity index (χ0v) is 13.3. The van der Waals surface area contributed by atoms with Crippen LogP contribution in [0.25, 0.3) is 0 Å². The molecule has 4 nitrogen and oxygen atoms in total. The number of aromatic nitrogens is 1. The Morgan fingerprint density at radius 3 is 2.57 bits per heavy atom. The molecule has 0 aliphatic rings. The van der Waals surface area contributed by atoms with E-state index < -0.39 is 31.3 Å². The van der Waals surface area contributed by atoms with Gasteiger partial charge in [-0.2, -0.15) is 0 Å². The standard InChI is InChI=1S/C12H7BrClF2NO3S/c13-7-1-2-9(17-5-7)6-20-12-10(16)3-8(15)4-11(12)21(14,18)19/h1-5H,6H2. The van der Waals surface area contributed by atoms with E-state index in [1.807, 2.05) is 0 Å². The van der Waals surface area contributed by atoms with Crippen molar-refractivity contribution in [1.82, 2.24) is 4.98 Å². The van der Waals surface area contributed by atoms with Crippen LogP contribution < -0.4 is 4.74 Å². The topological polar surface area (TPSA) is 56.3 Å². The van der Waals surface area contributed by atoms with Crippen molar-refractivity contribution in [3.63, 3.8) is 0 Å². The smallest absolute Gasteiger partial charge is 0.265 e. The Morgan fingerprint density at radius 1 is 1.29 bits per heavy atom. The van der Waals surface area contributed by atoms with Crippen LogP contribution in [0.4, 0.5) is 8.78 Å². The van der Waals surface area contributed by atoms with Crippen molar-refractivity contribution < 1.29 is 21.9 Å². The van der Waals surface area contributed by atoms with Gasteiger partial charge in [-0.05, 0) is 34.1 Å². The second-order valence-corrected chi connectivity index (χ2v) is 7.36. The highest BCUT2D eigenvalue weighted by molar-refractivity contribution is 9.10. The maximum Gasteiger partial charge on any atom is 0.265 e. The highest BCUT2D eigenvalue weighted by atomic mass is 79.9. The lowest BCUT2D eigenvalue weighted by atomic mass is 10.3. The predicted molar refractivity (Wildman–Crippen MR) is 75.7 cm³/mol. The number of nitrogens with zero attached hydrogens (tertiary/aromatic N) is 1. The van der Waals surface area contributed by atoms with Crippen LogP contribution in [0.15, 0.2) is 39.8 Å². The van der Waals surface area contributed by atoms with Gasteiger partial charge in [-0.3, -0.25) is 4.98 Å². The number of pyridine rings is 1. The molecule has 0 unspecified atom stereocenters. The van der Waals surface area contributed by atoms with Gasteiger partial charge in [0.2, 0.25) is 0 Å². The van der Waals surface area contributed by atoms with Crippen LogP contribution in [0.3, 0.4) is 0 Å². The molecule has 0 saturated heterocycles. The fourth-order valence-electron chi connectivity index (χ4n) is 1.50. The molecule has 0 aliphatic heterocycles. The van der Waals surface area contributed by atoms with E-state index in [1.165, 1.54) is 6.20 Å². The third-order valence-electron chi connectivity index (χ3n) is 2.39. The van der Waals surface area contributed by atoms with E-state index in [0.717, 1.165) is 4.47 Å². The zero-order chi connectivity index (χ0) is 15.6. The lowest BCUT2D eigenvalue weighted by molar-refractivity contribution is 0.276. The molecule has 112 valence electrons. The number of halogens is 4. The predicted octanol–water partition coefficient (Wildman–Crippen LogP) is 3.63. The van der Waals surface area contributed by atoms with Crippen molar-refractivity contribution in [3.8, 4) is 5.75 Å². The zero-order valence-electron chi connectivity index (χ0n) is 10.2. The SMILES string of the molecule is O=S(=O)(Cl)c1cc(F)cc(F)c1OCc1ccc(Br)cn1. The van der Waals surface area contributed by atoms with E-state index >= 15 is 0 Å². The molecule has 2 rings (SSSR count). The van der Waals surface area contributed by atoms with Gasteiger partial charge in [0.25, 0.3) is 9.05 Å². The first-order valence-electron chi connectivity index (χ1n) is 5.44. The van der Waals surface area contributed by atoms with Crippen molar-refractivity contribution in [1.29, 1.82) is 0 Å². The summed E-state index contributed by atoms with van der Waals surface area (Å²) in [6.45, 7) is -0.199.